The maximum absolute atomic E-state index is 13.6. The highest BCUT2D eigenvalue weighted by molar-refractivity contribution is 5.21. The van der Waals surface area contributed by atoms with E-state index >= 15 is 0 Å². The third-order valence-corrected chi connectivity index (χ3v) is 4.01. The van der Waals surface area contributed by atoms with Crippen molar-refractivity contribution in [1.29, 1.82) is 0 Å². The van der Waals surface area contributed by atoms with Crippen LogP contribution in [0.1, 0.15) is 45.8 Å². The van der Waals surface area contributed by atoms with Crippen molar-refractivity contribution >= 4 is 0 Å². The molecule has 1 rings (SSSR count). The van der Waals surface area contributed by atoms with E-state index < -0.39 is 17.7 Å². The third kappa shape index (κ3) is 4.25. The number of halogens is 2. The van der Waals surface area contributed by atoms with Crippen LogP contribution in [0.2, 0.25) is 0 Å². The molecule has 114 valence electrons. The molecular formula is C16H25F2NO. The molecule has 0 bridgehead atoms. The molecule has 0 radical (unpaired) electrons. The lowest BCUT2D eigenvalue weighted by Gasteiger charge is -2.35. The fourth-order valence-electron chi connectivity index (χ4n) is 2.11. The van der Waals surface area contributed by atoms with Crippen LogP contribution < -0.4 is 0 Å². The zero-order chi connectivity index (χ0) is 15.5. The van der Waals surface area contributed by atoms with Crippen LogP contribution in [0, 0.1) is 17.0 Å². The van der Waals surface area contributed by atoms with E-state index in [1.165, 1.54) is 12.1 Å². The molecule has 0 fully saturated rings. The van der Waals surface area contributed by atoms with Crippen LogP contribution >= 0.6 is 0 Å². The van der Waals surface area contributed by atoms with Gasteiger partial charge < -0.3 is 10.0 Å². The summed E-state index contributed by atoms with van der Waals surface area (Å²) in [5, 5.41) is 10.0. The number of hydrogen-bond donors (Lipinski definition) is 1. The van der Waals surface area contributed by atoms with Crippen LogP contribution in [0.15, 0.2) is 18.2 Å². The van der Waals surface area contributed by atoms with Crippen molar-refractivity contribution in [2.45, 2.75) is 46.3 Å². The largest absolute Gasteiger partial charge is 0.388 e. The van der Waals surface area contributed by atoms with Crippen LogP contribution in [0.25, 0.3) is 0 Å². The number of nitrogens with zero attached hydrogens (tertiary/aromatic N) is 1. The predicted octanol–water partition coefficient (Wildman–Crippen LogP) is 3.75. The van der Waals surface area contributed by atoms with Crippen LogP contribution in [0.3, 0.4) is 0 Å². The van der Waals surface area contributed by atoms with Gasteiger partial charge in [0.1, 0.15) is 0 Å². The summed E-state index contributed by atoms with van der Waals surface area (Å²) in [5.41, 5.74) is 0.158. The van der Waals surface area contributed by atoms with Crippen molar-refractivity contribution in [3.8, 4) is 0 Å². The second-order valence-electron chi connectivity index (χ2n) is 6.47. The quantitative estimate of drug-likeness (QED) is 0.890. The van der Waals surface area contributed by atoms with E-state index in [1.54, 1.807) is 0 Å². The summed E-state index contributed by atoms with van der Waals surface area (Å²) in [5.74, 6) is -1.87. The van der Waals surface area contributed by atoms with E-state index in [1.807, 2.05) is 7.05 Å². The van der Waals surface area contributed by atoms with E-state index in [-0.39, 0.29) is 11.0 Å². The molecule has 0 heterocycles. The maximum atomic E-state index is 13.6. The van der Waals surface area contributed by atoms with Gasteiger partial charge >= 0.3 is 0 Å². The van der Waals surface area contributed by atoms with Gasteiger partial charge in [-0.15, -0.1) is 0 Å². The van der Waals surface area contributed by atoms with Gasteiger partial charge in [-0.2, -0.15) is 0 Å². The fraction of sp³-hybridized carbons (Fsp3) is 0.625. The Morgan fingerprint density at radius 1 is 1.25 bits per heavy atom. The first-order chi connectivity index (χ1) is 9.14. The average Bonchev–Trinajstić information content (AvgIpc) is 2.36. The normalized spacial score (nSPS) is 15.4. The van der Waals surface area contributed by atoms with Crippen LogP contribution in [-0.2, 0) is 0 Å². The molecule has 2 nitrogen and oxygen atoms in total. The Bertz CT molecular complexity index is 443. The summed E-state index contributed by atoms with van der Waals surface area (Å²) in [6, 6.07) is 4.22. The first kappa shape index (κ1) is 17.1. The molecule has 0 amide bonds. The van der Waals surface area contributed by atoms with Crippen molar-refractivity contribution in [3.63, 3.8) is 0 Å². The van der Waals surface area contributed by atoms with Gasteiger partial charge in [0.15, 0.2) is 11.6 Å². The molecule has 4 heteroatoms. The zero-order valence-electron chi connectivity index (χ0n) is 13.0. The molecule has 20 heavy (non-hydrogen) atoms. The van der Waals surface area contributed by atoms with Crippen LogP contribution in [0.4, 0.5) is 8.78 Å². The zero-order valence-corrected chi connectivity index (χ0v) is 13.0. The Balaban J connectivity index is 2.64. The van der Waals surface area contributed by atoms with Gasteiger partial charge in [0.25, 0.3) is 0 Å². The molecule has 0 saturated heterocycles. The third-order valence-electron chi connectivity index (χ3n) is 4.01. The molecule has 1 N–H and O–H groups in total. The van der Waals surface area contributed by atoms with Gasteiger partial charge in [0.05, 0.1) is 6.10 Å². The minimum absolute atomic E-state index is 0.0295. The van der Waals surface area contributed by atoms with Gasteiger partial charge in [-0.1, -0.05) is 32.9 Å². The standard InChI is InChI=1S/C16H25F2NO/c1-11(16(2,3)4)19(5)10-9-14(20)12-7-6-8-13(17)15(12)18/h6-8,11,14,20H,9-10H2,1-5H3. The number of aliphatic hydroxyl groups is 1. The highest BCUT2D eigenvalue weighted by Gasteiger charge is 2.24. The smallest absolute Gasteiger partial charge is 0.164 e. The lowest BCUT2D eigenvalue weighted by Crippen LogP contribution is -2.40. The van der Waals surface area contributed by atoms with Gasteiger partial charge in [0, 0.05) is 18.2 Å². The van der Waals surface area contributed by atoms with E-state index in [9.17, 15) is 13.9 Å². The summed E-state index contributed by atoms with van der Waals surface area (Å²) in [6.45, 7) is 9.19. The molecule has 0 aromatic heterocycles. The van der Waals surface area contributed by atoms with Crippen molar-refractivity contribution in [3.05, 3.63) is 35.4 Å². The average molecular weight is 285 g/mol. The van der Waals surface area contributed by atoms with Gasteiger partial charge in [-0.3, -0.25) is 0 Å². The van der Waals surface area contributed by atoms with E-state index in [4.69, 9.17) is 0 Å². The van der Waals surface area contributed by atoms with E-state index in [2.05, 4.69) is 32.6 Å². The fourth-order valence-corrected chi connectivity index (χ4v) is 2.11. The summed E-state index contributed by atoms with van der Waals surface area (Å²) < 4.78 is 26.7. The highest BCUT2D eigenvalue weighted by Crippen LogP contribution is 2.25. The minimum atomic E-state index is -0.986. The Labute approximate surface area is 120 Å². The monoisotopic (exact) mass is 285 g/mol. The van der Waals surface area contributed by atoms with Crippen molar-refractivity contribution in [2.75, 3.05) is 13.6 Å². The number of benzene rings is 1. The van der Waals surface area contributed by atoms with E-state index in [0.717, 1.165) is 6.07 Å². The summed E-state index contributed by atoms with van der Waals surface area (Å²) in [7, 11) is 1.98. The summed E-state index contributed by atoms with van der Waals surface area (Å²) in [4.78, 5) is 2.13. The predicted molar refractivity (Wildman–Crippen MR) is 77.5 cm³/mol. The molecule has 0 aliphatic carbocycles. The van der Waals surface area contributed by atoms with Crippen molar-refractivity contribution in [2.24, 2.45) is 5.41 Å². The van der Waals surface area contributed by atoms with Crippen LogP contribution in [0.5, 0.6) is 0 Å². The first-order valence-corrected chi connectivity index (χ1v) is 6.96. The van der Waals surface area contributed by atoms with E-state index in [0.29, 0.717) is 19.0 Å². The van der Waals surface area contributed by atoms with Gasteiger partial charge in [0.2, 0.25) is 0 Å². The molecule has 0 spiro atoms. The highest BCUT2D eigenvalue weighted by atomic mass is 19.2. The lowest BCUT2D eigenvalue weighted by atomic mass is 9.87. The molecule has 2 atom stereocenters. The number of rotatable bonds is 5. The molecule has 1 aromatic rings. The Hall–Kier alpha value is -1.00. The van der Waals surface area contributed by atoms with Gasteiger partial charge in [-0.25, -0.2) is 8.78 Å². The Kier molecular flexibility index (Phi) is 5.66. The topological polar surface area (TPSA) is 23.5 Å². The Morgan fingerprint density at radius 3 is 2.40 bits per heavy atom. The molecule has 2 unspecified atom stereocenters. The van der Waals surface area contributed by atoms with Crippen molar-refractivity contribution in [1.82, 2.24) is 4.90 Å². The SMILES string of the molecule is CC(N(C)CCC(O)c1cccc(F)c1F)C(C)(C)C. The lowest BCUT2D eigenvalue weighted by molar-refractivity contribution is 0.102. The molecule has 0 aliphatic rings. The molecule has 0 saturated carbocycles. The molecule has 1 aromatic carbocycles. The number of aliphatic hydroxyl groups excluding tert-OH is 1. The number of hydrogen-bond acceptors (Lipinski definition) is 2. The first-order valence-electron chi connectivity index (χ1n) is 6.96. The minimum Gasteiger partial charge on any atom is -0.388 e. The van der Waals surface area contributed by atoms with Crippen molar-refractivity contribution < 1.29 is 13.9 Å². The molecule has 0 aliphatic heterocycles. The second kappa shape index (κ2) is 6.64. The Morgan fingerprint density at radius 2 is 1.85 bits per heavy atom. The van der Waals surface area contributed by atoms with Gasteiger partial charge in [-0.05, 0) is 31.9 Å². The summed E-state index contributed by atoms with van der Waals surface area (Å²) in [6.07, 6.45) is -0.614. The summed E-state index contributed by atoms with van der Waals surface area (Å²) >= 11 is 0. The maximum Gasteiger partial charge on any atom is 0.164 e. The second-order valence-corrected chi connectivity index (χ2v) is 6.47. The molecular weight excluding hydrogens is 260 g/mol. The van der Waals surface area contributed by atoms with Crippen LogP contribution in [-0.4, -0.2) is 29.6 Å².